The molecule has 19 heavy (non-hydrogen) atoms. The van der Waals surface area contributed by atoms with Crippen molar-refractivity contribution < 1.29 is 5.11 Å². The van der Waals surface area contributed by atoms with E-state index in [1.807, 2.05) is 0 Å². The Bertz CT molecular complexity index is 310. The summed E-state index contributed by atoms with van der Waals surface area (Å²) in [7, 11) is 0. The van der Waals surface area contributed by atoms with Gasteiger partial charge in [-0.3, -0.25) is 0 Å². The lowest BCUT2D eigenvalue weighted by Gasteiger charge is -2.40. The van der Waals surface area contributed by atoms with Crippen molar-refractivity contribution >= 4 is 0 Å². The quantitative estimate of drug-likeness (QED) is 0.800. The molecule has 0 bridgehead atoms. The van der Waals surface area contributed by atoms with Crippen LogP contribution < -0.4 is 5.73 Å². The van der Waals surface area contributed by atoms with Gasteiger partial charge in [0.15, 0.2) is 0 Å². The Morgan fingerprint density at radius 3 is 2.63 bits per heavy atom. The van der Waals surface area contributed by atoms with Crippen LogP contribution in [0.5, 0.6) is 0 Å². The van der Waals surface area contributed by atoms with Crippen molar-refractivity contribution in [3.05, 3.63) is 0 Å². The maximum absolute atomic E-state index is 10.0. The number of likely N-dealkylation sites (tertiary alicyclic amines) is 1. The van der Waals surface area contributed by atoms with Gasteiger partial charge in [-0.25, -0.2) is 0 Å². The van der Waals surface area contributed by atoms with Crippen LogP contribution in [0.3, 0.4) is 0 Å². The molecule has 3 rings (SSSR count). The first-order chi connectivity index (χ1) is 9.04. The van der Waals surface area contributed by atoms with E-state index in [9.17, 15) is 5.11 Å². The van der Waals surface area contributed by atoms with Gasteiger partial charge in [-0.2, -0.15) is 0 Å². The van der Waals surface area contributed by atoms with Gasteiger partial charge in [-0.15, -0.1) is 0 Å². The largest absolute Gasteiger partial charge is 0.393 e. The summed E-state index contributed by atoms with van der Waals surface area (Å²) >= 11 is 0. The molecule has 3 heteroatoms. The lowest BCUT2D eigenvalue weighted by atomic mass is 9.72. The van der Waals surface area contributed by atoms with Gasteiger partial charge in [0.25, 0.3) is 0 Å². The van der Waals surface area contributed by atoms with Crippen LogP contribution in [0.4, 0.5) is 0 Å². The Labute approximate surface area is 117 Å². The van der Waals surface area contributed by atoms with Crippen LogP contribution in [0.25, 0.3) is 0 Å². The van der Waals surface area contributed by atoms with E-state index in [2.05, 4.69) is 18.7 Å². The van der Waals surface area contributed by atoms with Gasteiger partial charge in [-0.05, 0) is 49.4 Å². The third-order valence-corrected chi connectivity index (χ3v) is 6.09. The molecule has 2 saturated carbocycles. The lowest BCUT2D eigenvalue weighted by molar-refractivity contribution is 0.104. The summed E-state index contributed by atoms with van der Waals surface area (Å²) in [4.78, 5) is 2.59. The number of nitrogens with zero attached hydrogens (tertiary/aromatic N) is 1. The number of rotatable bonds is 2. The monoisotopic (exact) mass is 266 g/mol. The van der Waals surface area contributed by atoms with E-state index < -0.39 is 0 Å². The molecule has 3 aliphatic rings. The summed E-state index contributed by atoms with van der Waals surface area (Å²) in [6.45, 7) is 8.19. The number of nitrogens with two attached hydrogens (primary N) is 1. The van der Waals surface area contributed by atoms with Crippen LogP contribution in [0, 0.1) is 29.6 Å². The zero-order valence-corrected chi connectivity index (χ0v) is 12.5. The van der Waals surface area contributed by atoms with Crippen molar-refractivity contribution in [1.29, 1.82) is 0 Å². The molecule has 0 aromatic carbocycles. The number of hydrogen-bond donors (Lipinski definition) is 2. The zero-order chi connectivity index (χ0) is 13.6. The first-order valence-electron chi connectivity index (χ1n) is 8.20. The van der Waals surface area contributed by atoms with Crippen LogP contribution in [-0.4, -0.2) is 41.8 Å². The van der Waals surface area contributed by atoms with E-state index in [-0.39, 0.29) is 6.10 Å². The highest BCUT2D eigenvalue weighted by Gasteiger charge is 2.43. The number of aliphatic hydroxyl groups excluding tert-OH is 1. The fraction of sp³-hybridized carbons (Fsp3) is 1.00. The van der Waals surface area contributed by atoms with E-state index in [0.717, 1.165) is 37.3 Å². The first kappa shape index (κ1) is 13.8. The molecule has 3 N–H and O–H groups in total. The molecule has 7 unspecified atom stereocenters. The molecule has 7 atom stereocenters. The molecular formula is C16H30N2O. The Morgan fingerprint density at radius 1 is 1.16 bits per heavy atom. The van der Waals surface area contributed by atoms with Crippen LogP contribution in [0.1, 0.15) is 39.5 Å². The normalized spacial score (nSPS) is 51.5. The molecule has 0 spiro atoms. The molecule has 0 aromatic heterocycles. The molecule has 1 aliphatic heterocycles. The van der Waals surface area contributed by atoms with E-state index >= 15 is 0 Å². The van der Waals surface area contributed by atoms with Gasteiger partial charge in [0.2, 0.25) is 0 Å². The van der Waals surface area contributed by atoms with Crippen LogP contribution in [0.15, 0.2) is 0 Å². The molecule has 1 saturated heterocycles. The molecule has 2 aliphatic carbocycles. The predicted molar refractivity (Wildman–Crippen MR) is 77.7 cm³/mol. The highest BCUT2D eigenvalue weighted by Crippen LogP contribution is 2.40. The highest BCUT2D eigenvalue weighted by atomic mass is 16.3. The fourth-order valence-electron chi connectivity index (χ4n) is 5.06. The summed E-state index contributed by atoms with van der Waals surface area (Å²) in [5.41, 5.74) is 6.40. The summed E-state index contributed by atoms with van der Waals surface area (Å²) < 4.78 is 0. The van der Waals surface area contributed by atoms with E-state index in [0.29, 0.717) is 17.9 Å². The van der Waals surface area contributed by atoms with Crippen molar-refractivity contribution in [2.24, 2.45) is 35.3 Å². The fourth-order valence-corrected chi connectivity index (χ4v) is 5.06. The third-order valence-electron chi connectivity index (χ3n) is 6.09. The van der Waals surface area contributed by atoms with Gasteiger partial charge >= 0.3 is 0 Å². The Balaban J connectivity index is 1.57. The first-order valence-corrected chi connectivity index (χ1v) is 8.20. The van der Waals surface area contributed by atoms with Crippen molar-refractivity contribution in [2.75, 3.05) is 19.6 Å². The molecular weight excluding hydrogens is 236 g/mol. The second-order valence-corrected chi connectivity index (χ2v) is 7.67. The topological polar surface area (TPSA) is 49.5 Å². The Hall–Kier alpha value is -0.120. The number of fused-ring (bicyclic) bond motifs is 1. The minimum absolute atomic E-state index is 0.0347. The average Bonchev–Trinajstić information content (AvgIpc) is 2.86. The van der Waals surface area contributed by atoms with Crippen molar-refractivity contribution in [2.45, 2.75) is 51.7 Å². The van der Waals surface area contributed by atoms with Crippen molar-refractivity contribution in [1.82, 2.24) is 4.90 Å². The molecule has 1 heterocycles. The number of hydrogen-bond acceptors (Lipinski definition) is 3. The van der Waals surface area contributed by atoms with Gasteiger partial charge in [0, 0.05) is 31.6 Å². The van der Waals surface area contributed by atoms with E-state index in [1.165, 1.54) is 25.8 Å². The summed E-state index contributed by atoms with van der Waals surface area (Å²) in [6.07, 6.45) is 4.75. The smallest absolute Gasteiger partial charge is 0.0583 e. The molecule has 3 fully saturated rings. The van der Waals surface area contributed by atoms with Crippen LogP contribution in [-0.2, 0) is 0 Å². The summed E-state index contributed by atoms with van der Waals surface area (Å²) in [5, 5.41) is 10.0. The molecule has 0 radical (unpaired) electrons. The van der Waals surface area contributed by atoms with Crippen molar-refractivity contribution in [3.8, 4) is 0 Å². The summed E-state index contributed by atoms with van der Waals surface area (Å²) in [5.74, 6) is 3.51. The standard InChI is InChI=1S/C16H30N2O/c1-10-5-11(2)13(15(17)6-10)8-18-7-12-3-4-16(19)14(12)9-18/h10-16,19H,3-9,17H2,1-2H3. The van der Waals surface area contributed by atoms with Gasteiger partial charge in [-0.1, -0.05) is 13.8 Å². The van der Waals surface area contributed by atoms with Gasteiger partial charge in [0.1, 0.15) is 0 Å². The SMILES string of the molecule is CC1CC(C)C(CN2CC3CCC(O)C3C2)C(N)C1. The van der Waals surface area contributed by atoms with Gasteiger partial charge in [0.05, 0.1) is 6.10 Å². The van der Waals surface area contributed by atoms with Crippen LogP contribution in [0.2, 0.25) is 0 Å². The maximum atomic E-state index is 10.0. The lowest BCUT2D eigenvalue weighted by Crippen LogP contribution is -2.46. The minimum atomic E-state index is -0.0347. The zero-order valence-electron chi connectivity index (χ0n) is 12.5. The predicted octanol–water partition coefficient (Wildman–Crippen LogP) is 1.70. The third kappa shape index (κ3) is 2.70. The maximum Gasteiger partial charge on any atom is 0.0583 e. The molecule has 0 amide bonds. The molecule has 3 nitrogen and oxygen atoms in total. The second-order valence-electron chi connectivity index (χ2n) is 7.67. The molecule has 110 valence electrons. The Morgan fingerprint density at radius 2 is 1.95 bits per heavy atom. The second kappa shape index (κ2) is 5.34. The van der Waals surface area contributed by atoms with E-state index in [1.54, 1.807) is 0 Å². The van der Waals surface area contributed by atoms with Crippen molar-refractivity contribution in [3.63, 3.8) is 0 Å². The number of aliphatic hydroxyl groups is 1. The highest BCUT2D eigenvalue weighted by molar-refractivity contribution is 4.96. The minimum Gasteiger partial charge on any atom is -0.393 e. The summed E-state index contributed by atoms with van der Waals surface area (Å²) in [6, 6.07) is 0.379. The average molecular weight is 266 g/mol. The Kier molecular flexibility index (Phi) is 3.89. The van der Waals surface area contributed by atoms with Gasteiger partial charge < -0.3 is 15.7 Å². The van der Waals surface area contributed by atoms with Crippen LogP contribution >= 0.6 is 0 Å². The van der Waals surface area contributed by atoms with E-state index in [4.69, 9.17) is 5.73 Å². The molecule has 0 aromatic rings.